The van der Waals surface area contributed by atoms with Gasteiger partial charge in [0.1, 0.15) is 5.78 Å². The van der Waals surface area contributed by atoms with E-state index in [1.807, 2.05) is 0 Å². The molecule has 0 aliphatic heterocycles. The van der Waals surface area contributed by atoms with Crippen molar-refractivity contribution < 1.29 is 9.90 Å². The number of Topliss-reactive ketones (excluding diaryl/α,β-unsaturated/α-hetero) is 1. The summed E-state index contributed by atoms with van der Waals surface area (Å²) in [6.45, 7) is 2.22. The van der Waals surface area contributed by atoms with Crippen LogP contribution in [0.2, 0.25) is 0 Å². The minimum Gasteiger partial charge on any atom is -0.388 e. The summed E-state index contributed by atoms with van der Waals surface area (Å²) in [5.41, 5.74) is -0.952. The molecule has 0 radical (unpaired) electrons. The predicted molar refractivity (Wildman–Crippen MR) is 75.8 cm³/mol. The molecule has 3 saturated carbocycles. The van der Waals surface area contributed by atoms with Crippen LogP contribution in [0.4, 0.5) is 0 Å². The fourth-order valence-corrected chi connectivity index (χ4v) is 5.47. The zero-order valence-electron chi connectivity index (χ0n) is 12.3. The molecule has 3 fully saturated rings. The fraction of sp³-hybridized carbons (Fsp3) is 0.941. The van der Waals surface area contributed by atoms with Crippen LogP contribution in [-0.2, 0) is 4.79 Å². The quantitative estimate of drug-likeness (QED) is 0.840. The zero-order chi connectivity index (χ0) is 13.5. The molecule has 19 heavy (non-hydrogen) atoms. The van der Waals surface area contributed by atoms with Gasteiger partial charge in [0.2, 0.25) is 0 Å². The van der Waals surface area contributed by atoms with E-state index in [1.54, 1.807) is 0 Å². The van der Waals surface area contributed by atoms with Gasteiger partial charge in [0.15, 0.2) is 0 Å². The van der Waals surface area contributed by atoms with E-state index in [-0.39, 0.29) is 11.3 Å². The summed E-state index contributed by atoms with van der Waals surface area (Å²) in [5.74, 6) is 0.884. The Labute approximate surface area is 117 Å². The Bertz CT molecular complexity index is 362. The van der Waals surface area contributed by atoms with Gasteiger partial charge in [-0.25, -0.2) is 0 Å². The first-order valence-electron chi connectivity index (χ1n) is 8.43. The Morgan fingerprint density at radius 3 is 2.74 bits per heavy atom. The number of hydrogen-bond acceptors (Lipinski definition) is 2. The van der Waals surface area contributed by atoms with Crippen molar-refractivity contribution in [3.8, 4) is 0 Å². The van der Waals surface area contributed by atoms with Crippen LogP contribution in [0.3, 0.4) is 0 Å². The van der Waals surface area contributed by atoms with Crippen LogP contribution >= 0.6 is 0 Å². The van der Waals surface area contributed by atoms with Gasteiger partial charge in [-0.15, -0.1) is 0 Å². The lowest BCUT2D eigenvalue weighted by Crippen LogP contribution is -2.76. The average Bonchev–Trinajstić information content (AvgIpc) is 2.41. The van der Waals surface area contributed by atoms with Gasteiger partial charge < -0.3 is 5.11 Å². The number of unbranched alkanes of at least 4 members (excludes halogenated alkanes) is 1. The van der Waals surface area contributed by atoms with Crippen molar-refractivity contribution in [2.75, 3.05) is 0 Å². The highest BCUT2D eigenvalue weighted by molar-refractivity contribution is 5.97. The van der Waals surface area contributed by atoms with Crippen molar-refractivity contribution >= 4 is 5.78 Å². The first kappa shape index (κ1) is 13.6. The normalized spacial score (nSPS) is 45.9. The van der Waals surface area contributed by atoms with Crippen molar-refractivity contribution in [1.29, 1.82) is 0 Å². The van der Waals surface area contributed by atoms with Gasteiger partial charge in [-0.3, -0.25) is 4.79 Å². The van der Waals surface area contributed by atoms with Crippen molar-refractivity contribution in [2.45, 2.75) is 83.2 Å². The summed E-state index contributed by atoms with van der Waals surface area (Å²) in [6, 6.07) is 0. The molecule has 2 bridgehead atoms. The third-order valence-electron chi connectivity index (χ3n) is 6.38. The maximum atomic E-state index is 12.7. The topological polar surface area (TPSA) is 37.3 Å². The molecule has 1 N–H and O–H groups in total. The molecule has 0 spiro atoms. The SMILES string of the molecule is CCCCC1CCCCCC2(O)C3CCCC12C3=O. The van der Waals surface area contributed by atoms with E-state index < -0.39 is 5.60 Å². The summed E-state index contributed by atoms with van der Waals surface area (Å²) >= 11 is 0. The van der Waals surface area contributed by atoms with E-state index in [2.05, 4.69) is 6.92 Å². The van der Waals surface area contributed by atoms with E-state index in [9.17, 15) is 9.90 Å². The molecule has 0 aromatic carbocycles. The highest BCUT2D eigenvalue weighted by atomic mass is 16.3. The molecular weight excluding hydrogens is 236 g/mol. The molecule has 4 atom stereocenters. The third kappa shape index (κ3) is 1.68. The van der Waals surface area contributed by atoms with Crippen LogP contribution in [0.5, 0.6) is 0 Å². The Morgan fingerprint density at radius 1 is 1.16 bits per heavy atom. The molecule has 3 aliphatic carbocycles. The molecule has 0 heterocycles. The molecule has 108 valence electrons. The second-order valence-electron chi connectivity index (χ2n) is 7.14. The minimum atomic E-state index is -0.624. The molecule has 2 nitrogen and oxygen atoms in total. The number of carbonyl (C=O) groups is 1. The maximum Gasteiger partial charge on any atom is 0.148 e. The standard InChI is InChI=1S/C17H28O2/c1-2-3-8-13-9-5-4-6-12-17(19)14-10-7-11-16(13,17)15(14)18/h13-14,19H,2-12H2,1H3. The van der Waals surface area contributed by atoms with E-state index in [4.69, 9.17) is 0 Å². The number of carbonyl (C=O) groups excluding carboxylic acids is 1. The molecule has 0 aromatic rings. The lowest BCUT2D eigenvalue weighted by Gasteiger charge is -2.67. The second-order valence-corrected chi connectivity index (χ2v) is 7.14. The van der Waals surface area contributed by atoms with Gasteiger partial charge in [-0.2, -0.15) is 0 Å². The Morgan fingerprint density at radius 2 is 2.00 bits per heavy atom. The van der Waals surface area contributed by atoms with Crippen molar-refractivity contribution in [3.63, 3.8) is 0 Å². The summed E-state index contributed by atoms with van der Waals surface area (Å²) in [7, 11) is 0. The Kier molecular flexibility index (Phi) is 3.49. The molecule has 0 aromatic heterocycles. The number of aliphatic hydroxyl groups is 1. The summed E-state index contributed by atoms with van der Waals surface area (Å²) in [6.07, 6.45) is 12.3. The van der Waals surface area contributed by atoms with Gasteiger partial charge in [0.05, 0.1) is 11.0 Å². The summed E-state index contributed by atoms with van der Waals surface area (Å²) in [4.78, 5) is 12.7. The summed E-state index contributed by atoms with van der Waals surface area (Å²) in [5, 5.41) is 11.2. The van der Waals surface area contributed by atoms with Gasteiger partial charge >= 0.3 is 0 Å². The molecule has 3 rings (SSSR count). The largest absolute Gasteiger partial charge is 0.388 e. The molecule has 0 saturated heterocycles. The van der Waals surface area contributed by atoms with Gasteiger partial charge in [-0.1, -0.05) is 45.4 Å². The highest BCUT2D eigenvalue weighted by Gasteiger charge is 2.74. The van der Waals surface area contributed by atoms with Gasteiger partial charge in [0, 0.05) is 5.92 Å². The third-order valence-corrected chi connectivity index (χ3v) is 6.38. The van der Waals surface area contributed by atoms with E-state index in [1.165, 1.54) is 32.1 Å². The molecule has 3 aliphatic rings. The van der Waals surface area contributed by atoms with Crippen molar-refractivity contribution in [2.24, 2.45) is 17.3 Å². The van der Waals surface area contributed by atoms with Gasteiger partial charge in [-0.05, 0) is 38.0 Å². The molecule has 2 heteroatoms. The lowest BCUT2D eigenvalue weighted by atomic mass is 9.37. The molecule has 0 amide bonds. The first-order valence-corrected chi connectivity index (χ1v) is 8.43. The maximum absolute atomic E-state index is 12.7. The van der Waals surface area contributed by atoms with Crippen LogP contribution in [0.15, 0.2) is 0 Å². The number of ketones is 1. The monoisotopic (exact) mass is 264 g/mol. The van der Waals surface area contributed by atoms with E-state index in [0.717, 1.165) is 38.5 Å². The van der Waals surface area contributed by atoms with E-state index in [0.29, 0.717) is 11.7 Å². The van der Waals surface area contributed by atoms with E-state index >= 15 is 0 Å². The average molecular weight is 264 g/mol. The minimum absolute atomic E-state index is 0.0107. The second kappa shape index (κ2) is 4.87. The van der Waals surface area contributed by atoms with Crippen LogP contribution in [-0.4, -0.2) is 16.5 Å². The van der Waals surface area contributed by atoms with Crippen molar-refractivity contribution in [3.05, 3.63) is 0 Å². The Balaban J connectivity index is 1.91. The molecular formula is C17H28O2. The fourth-order valence-electron chi connectivity index (χ4n) is 5.47. The van der Waals surface area contributed by atoms with Crippen LogP contribution in [0.25, 0.3) is 0 Å². The smallest absolute Gasteiger partial charge is 0.148 e. The van der Waals surface area contributed by atoms with Crippen LogP contribution < -0.4 is 0 Å². The first-order chi connectivity index (χ1) is 9.17. The highest BCUT2D eigenvalue weighted by Crippen LogP contribution is 2.67. The lowest BCUT2D eigenvalue weighted by molar-refractivity contribution is -0.244. The van der Waals surface area contributed by atoms with Crippen LogP contribution in [0, 0.1) is 17.3 Å². The summed E-state index contributed by atoms with van der Waals surface area (Å²) < 4.78 is 0. The zero-order valence-corrected chi connectivity index (χ0v) is 12.3. The predicted octanol–water partition coefficient (Wildman–Crippen LogP) is 3.86. The van der Waals surface area contributed by atoms with Crippen LogP contribution in [0.1, 0.15) is 77.6 Å². The van der Waals surface area contributed by atoms with Crippen molar-refractivity contribution in [1.82, 2.24) is 0 Å². The Hall–Kier alpha value is -0.370. The number of rotatable bonds is 3. The van der Waals surface area contributed by atoms with Gasteiger partial charge in [0.25, 0.3) is 0 Å². The number of hydrogen-bond donors (Lipinski definition) is 1. The molecule has 4 unspecified atom stereocenters.